The minimum atomic E-state index is -0.375. The Labute approximate surface area is 124 Å². The summed E-state index contributed by atoms with van der Waals surface area (Å²) in [5, 5.41) is 0. The molecule has 0 heterocycles. The highest BCUT2D eigenvalue weighted by atomic mass is 32.1. The fraction of sp³-hybridized carbons (Fsp3) is 0.125. The average Bonchev–Trinajstić information content (AvgIpc) is 2.40. The summed E-state index contributed by atoms with van der Waals surface area (Å²) in [6.45, 7) is 3.99. The van der Waals surface area contributed by atoms with Crippen LogP contribution in [0.15, 0.2) is 48.5 Å². The van der Waals surface area contributed by atoms with Gasteiger partial charge in [-0.15, -0.1) is 0 Å². The van der Waals surface area contributed by atoms with Gasteiger partial charge in [0.25, 0.3) is 0 Å². The maximum absolute atomic E-state index is 10.5. The van der Waals surface area contributed by atoms with E-state index in [4.69, 9.17) is 23.7 Å². The summed E-state index contributed by atoms with van der Waals surface area (Å²) in [6, 6.07) is 15.0. The molecule has 0 bridgehead atoms. The molecule has 0 spiro atoms. The normalized spacial score (nSPS) is 9.30. The number of amides is 1. The third-order valence-electron chi connectivity index (χ3n) is 2.67. The number of carbonyl (C=O) groups excluding carboxylic acids is 1. The van der Waals surface area contributed by atoms with Gasteiger partial charge in [-0.2, -0.15) is 0 Å². The average molecular weight is 286 g/mol. The zero-order valence-electron chi connectivity index (χ0n) is 11.6. The number of hydrogen-bond acceptors (Lipinski definition) is 2. The summed E-state index contributed by atoms with van der Waals surface area (Å²) < 4.78 is 0. The molecule has 0 saturated heterocycles. The minimum Gasteiger partial charge on any atom is -0.389 e. The van der Waals surface area contributed by atoms with Crippen molar-refractivity contribution in [3.8, 4) is 0 Å². The molecule has 4 heteroatoms. The number of primary amides is 1. The molecule has 0 atom stereocenters. The Bertz CT molecular complexity index is 533. The molecule has 0 unspecified atom stereocenters. The Morgan fingerprint density at radius 2 is 1.15 bits per heavy atom. The molecule has 0 radical (unpaired) electrons. The molecule has 2 aromatic carbocycles. The number of benzene rings is 2. The third kappa shape index (κ3) is 5.20. The predicted octanol–water partition coefficient (Wildman–Crippen LogP) is 2.72. The Kier molecular flexibility index (Phi) is 5.87. The second-order valence-electron chi connectivity index (χ2n) is 4.46. The summed E-state index contributed by atoms with van der Waals surface area (Å²) in [4.78, 5) is 11.0. The van der Waals surface area contributed by atoms with Crippen LogP contribution < -0.4 is 11.5 Å². The zero-order valence-corrected chi connectivity index (χ0v) is 12.4. The molecule has 2 aromatic rings. The van der Waals surface area contributed by atoms with Crippen LogP contribution in [-0.2, 0) is 0 Å². The van der Waals surface area contributed by atoms with Crippen LogP contribution in [-0.4, -0.2) is 10.9 Å². The number of thiocarbonyl (C=S) groups is 1. The highest BCUT2D eigenvalue weighted by Crippen LogP contribution is 2.02. The number of nitrogens with two attached hydrogens (primary N) is 2. The van der Waals surface area contributed by atoms with Gasteiger partial charge in [0, 0.05) is 11.1 Å². The molecule has 0 aliphatic heterocycles. The Balaban J connectivity index is 0.000000200. The van der Waals surface area contributed by atoms with E-state index in [0.29, 0.717) is 10.6 Å². The van der Waals surface area contributed by atoms with Crippen LogP contribution in [0.4, 0.5) is 0 Å². The summed E-state index contributed by atoms with van der Waals surface area (Å²) >= 11 is 4.78. The van der Waals surface area contributed by atoms with E-state index in [-0.39, 0.29) is 5.91 Å². The Morgan fingerprint density at radius 3 is 1.45 bits per heavy atom. The van der Waals surface area contributed by atoms with E-state index in [2.05, 4.69) is 0 Å². The van der Waals surface area contributed by atoms with Gasteiger partial charge >= 0.3 is 0 Å². The molecule has 0 saturated carbocycles. The van der Waals surface area contributed by atoms with Crippen LogP contribution in [0.5, 0.6) is 0 Å². The highest BCUT2D eigenvalue weighted by Gasteiger charge is 1.96. The lowest BCUT2D eigenvalue weighted by atomic mass is 10.1. The van der Waals surface area contributed by atoms with Crippen LogP contribution in [0.25, 0.3) is 0 Å². The molecule has 2 rings (SSSR count). The van der Waals surface area contributed by atoms with Gasteiger partial charge < -0.3 is 11.5 Å². The van der Waals surface area contributed by atoms with Crippen molar-refractivity contribution in [3.05, 3.63) is 70.8 Å². The number of rotatable bonds is 2. The zero-order chi connectivity index (χ0) is 15.1. The fourth-order valence-corrected chi connectivity index (χ4v) is 1.57. The number of carbonyl (C=O) groups is 1. The van der Waals surface area contributed by atoms with Crippen molar-refractivity contribution < 1.29 is 4.79 Å². The molecule has 1 amide bonds. The van der Waals surface area contributed by atoms with Crippen molar-refractivity contribution in [2.24, 2.45) is 11.5 Å². The van der Waals surface area contributed by atoms with E-state index in [1.54, 1.807) is 12.1 Å². The summed E-state index contributed by atoms with van der Waals surface area (Å²) in [6.07, 6.45) is 0. The van der Waals surface area contributed by atoms with Gasteiger partial charge in [0.2, 0.25) is 5.91 Å². The molecule has 104 valence electrons. The van der Waals surface area contributed by atoms with Crippen molar-refractivity contribution in [3.63, 3.8) is 0 Å². The maximum atomic E-state index is 10.5. The van der Waals surface area contributed by atoms with Crippen molar-refractivity contribution in [2.75, 3.05) is 0 Å². The second-order valence-corrected chi connectivity index (χ2v) is 4.90. The van der Waals surface area contributed by atoms with E-state index in [9.17, 15) is 4.79 Å². The topological polar surface area (TPSA) is 69.1 Å². The first-order valence-corrected chi connectivity index (χ1v) is 6.54. The first-order chi connectivity index (χ1) is 9.40. The lowest BCUT2D eigenvalue weighted by molar-refractivity contribution is 0.100. The lowest BCUT2D eigenvalue weighted by Crippen LogP contribution is -2.10. The van der Waals surface area contributed by atoms with Crippen molar-refractivity contribution in [1.82, 2.24) is 0 Å². The Morgan fingerprint density at radius 1 is 0.800 bits per heavy atom. The van der Waals surface area contributed by atoms with Gasteiger partial charge in [-0.3, -0.25) is 4.79 Å². The van der Waals surface area contributed by atoms with E-state index >= 15 is 0 Å². The summed E-state index contributed by atoms with van der Waals surface area (Å²) in [7, 11) is 0. The molecule has 3 nitrogen and oxygen atoms in total. The standard InChI is InChI=1S/C8H9NO.C8H9NS/c2*1-6-2-4-7(5-3-6)8(9)10/h2*2-5H,1H3,(H2,9,10). The monoisotopic (exact) mass is 286 g/mol. The van der Waals surface area contributed by atoms with E-state index < -0.39 is 0 Å². The molecule has 0 aliphatic carbocycles. The summed E-state index contributed by atoms with van der Waals surface area (Å²) in [5.74, 6) is -0.375. The number of aryl methyl sites for hydroxylation is 2. The van der Waals surface area contributed by atoms with Crippen molar-refractivity contribution in [1.29, 1.82) is 0 Å². The lowest BCUT2D eigenvalue weighted by Gasteiger charge is -1.96. The first kappa shape index (κ1) is 15.9. The molecule has 0 aromatic heterocycles. The van der Waals surface area contributed by atoms with Crippen molar-refractivity contribution in [2.45, 2.75) is 13.8 Å². The van der Waals surface area contributed by atoms with Gasteiger partial charge in [0.15, 0.2) is 0 Å². The largest absolute Gasteiger partial charge is 0.389 e. The first-order valence-electron chi connectivity index (χ1n) is 6.13. The van der Waals surface area contributed by atoms with Gasteiger partial charge in [-0.25, -0.2) is 0 Å². The minimum absolute atomic E-state index is 0.375. The van der Waals surface area contributed by atoms with Gasteiger partial charge in [-0.1, -0.05) is 59.7 Å². The molecule has 0 aliphatic rings. The van der Waals surface area contributed by atoms with Crippen LogP contribution in [0.2, 0.25) is 0 Å². The maximum Gasteiger partial charge on any atom is 0.248 e. The van der Waals surface area contributed by atoms with Crippen molar-refractivity contribution >= 4 is 23.1 Å². The van der Waals surface area contributed by atoms with Crippen LogP contribution in [0.3, 0.4) is 0 Å². The van der Waals surface area contributed by atoms with E-state index in [0.717, 1.165) is 11.1 Å². The quantitative estimate of drug-likeness (QED) is 0.834. The summed E-state index contributed by atoms with van der Waals surface area (Å²) in [5.41, 5.74) is 14.3. The second kappa shape index (κ2) is 7.40. The molecule has 4 N–H and O–H groups in total. The molecular formula is C16H18N2OS. The SMILES string of the molecule is Cc1ccc(C(N)=O)cc1.Cc1ccc(C(N)=S)cc1. The van der Waals surface area contributed by atoms with Gasteiger partial charge in [0.05, 0.1) is 0 Å². The van der Waals surface area contributed by atoms with Crippen LogP contribution >= 0.6 is 12.2 Å². The smallest absolute Gasteiger partial charge is 0.248 e. The molecule has 20 heavy (non-hydrogen) atoms. The fourth-order valence-electron chi connectivity index (χ4n) is 1.44. The van der Waals surface area contributed by atoms with E-state index in [1.807, 2.05) is 50.2 Å². The van der Waals surface area contributed by atoms with Crippen LogP contribution in [0.1, 0.15) is 27.0 Å². The van der Waals surface area contributed by atoms with Gasteiger partial charge in [0.1, 0.15) is 4.99 Å². The van der Waals surface area contributed by atoms with E-state index in [1.165, 1.54) is 5.56 Å². The molecule has 0 fully saturated rings. The predicted molar refractivity (Wildman–Crippen MR) is 86.8 cm³/mol. The Hall–Kier alpha value is -2.20. The highest BCUT2D eigenvalue weighted by molar-refractivity contribution is 7.80. The van der Waals surface area contributed by atoms with Crippen LogP contribution in [0, 0.1) is 13.8 Å². The van der Waals surface area contributed by atoms with Gasteiger partial charge in [-0.05, 0) is 26.0 Å². The molecular weight excluding hydrogens is 268 g/mol. The number of hydrogen-bond donors (Lipinski definition) is 2. The third-order valence-corrected chi connectivity index (χ3v) is 2.91.